The van der Waals surface area contributed by atoms with Crippen molar-refractivity contribution in [2.24, 2.45) is 0 Å². The van der Waals surface area contributed by atoms with Gasteiger partial charge in [0.25, 0.3) is 0 Å². The molecule has 1 unspecified atom stereocenters. The third-order valence-corrected chi connectivity index (χ3v) is 3.17. The summed E-state index contributed by atoms with van der Waals surface area (Å²) in [5.41, 5.74) is -1.15. The topological polar surface area (TPSA) is 55.8 Å². The van der Waals surface area contributed by atoms with Crippen LogP contribution in [0.3, 0.4) is 0 Å². The number of rotatable bonds is 2. The van der Waals surface area contributed by atoms with Crippen molar-refractivity contribution in [1.29, 1.82) is 0 Å². The van der Waals surface area contributed by atoms with E-state index in [1.54, 1.807) is 0 Å². The maximum Gasteiger partial charge on any atom is 0.397 e. The first kappa shape index (κ1) is 10.3. The molecule has 1 aromatic rings. The fourth-order valence-electron chi connectivity index (χ4n) is 2.05. The molecule has 1 fully saturated rings. The largest absolute Gasteiger partial charge is 0.481 e. The normalized spacial score (nSPS) is 23.5. The van der Waals surface area contributed by atoms with Crippen molar-refractivity contribution in [3.8, 4) is 11.5 Å². The molecule has 0 radical (unpaired) electrons. The average molecular weight is 242 g/mol. The van der Waals surface area contributed by atoms with Crippen LogP contribution in [-0.4, -0.2) is 17.6 Å². The zero-order chi connectivity index (χ0) is 12.2. The predicted octanol–water partition coefficient (Wildman–Crippen LogP) is 1.97. The van der Waals surface area contributed by atoms with Crippen molar-refractivity contribution in [3.05, 3.63) is 23.5 Å². The lowest BCUT2D eigenvalue weighted by atomic mass is 9.95. The zero-order valence-corrected chi connectivity index (χ0v) is 8.57. The maximum atomic E-state index is 14.0. The summed E-state index contributed by atoms with van der Waals surface area (Å²) in [6, 6.07) is 2.65. The Labute approximate surface area is 94.8 Å². The van der Waals surface area contributed by atoms with Gasteiger partial charge in [0.2, 0.25) is 5.75 Å². The molecular formula is C11H8F2O4. The molecule has 1 atom stereocenters. The summed E-state index contributed by atoms with van der Waals surface area (Å²) in [6.07, 6.45) is 0.746. The standard InChI is InChI=1S/C11H8F2O4/c12-7-5(11(3-4-11)9(14)15)1-2-6-8(7)17-10(13)16-6/h1-2,10H,3-4H2,(H,14,15). The van der Waals surface area contributed by atoms with Crippen LogP contribution >= 0.6 is 0 Å². The van der Waals surface area contributed by atoms with E-state index < -0.39 is 23.7 Å². The quantitative estimate of drug-likeness (QED) is 0.861. The van der Waals surface area contributed by atoms with Crippen LogP contribution in [0.1, 0.15) is 18.4 Å². The Morgan fingerprint density at radius 3 is 2.71 bits per heavy atom. The number of carbonyl (C=O) groups is 1. The molecule has 17 heavy (non-hydrogen) atoms. The highest BCUT2D eigenvalue weighted by molar-refractivity contribution is 5.85. The van der Waals surface area contributed by atoms with Crippen molar-refractivity contribution < 1.29 is 28.2 Å². The van der Waals surface area contributed by atoms with Gasteiger partial charge >= 0.3 is 12.5 Å². The van der Waals surface area contributed by atoms with Crippen molar-refractivity contribution in [2.45, 2.75) is 24.8 Å². The minimum atomic E-state index is -2.03. The van der Waals surface area contributed by atoms with Crippen molar-refractivity contribution >= 4 is 5.97 Å². The van der Waals surface area contributed by atoms with Crippen LogP contribution in [0.4, 0.5) is 8.78 Å². The fourth-order valence-corrected chi connectivity index (χ4v) is 2.05. The van der Waals surface area contributed by atoms with Crippen molar-refractivity contribution in [2.75, 3.05) is 0 Å². The Bertz CT molecular complexity index is 510. The van der Waals surface area contributed by atoms with Crippen molar-refractivity contribution in [1.82, 2.24) is 0 Å². The lowest BCUT2D eigenvalue weighted by molar-refractivity contribution is -0.140. The van der Waals surface area contributed by atoms with Gasteiger partial charge in [-0.25, -0.2) is 4.39 Å². The van der Waals surface area contributed by atoms with Gasteiger partial charge in [-0.05, 0) is 18.9 Å². The molecule has 1 saturated carbocycles. The molecule has 1 heterocycles. The Kier molecular flexibility index (Phi) is 1.87. The van der Waals surface area contributed by atoms with Gasteiger partial charge < -0.3 is 14.6 Å². The Morgan fingerprint density at radius 2 is 2.12 bits per heavy atom. The summed E-state index contributed by atoms with van der Waals surface area (Å²) in [7, 11) is 0. The predicted molar refractivity (Wildman–Crippen MR) is 51.1 cm³/mol. The number of aliphatic carboxylic acids is 1. The summed E-state index contributed by atoms with van der Waals surface area (Å²) < 4.78 is 35.9. The molecule has 90 valence electrons. The minimum absolute atomic E-state index is 0.0291. The number of carboxylic acids is 1. The molecule has 1 aromatic carbocycles. The number of benzene rings is 1. The number of fused-ring (bicyclic) bond motifs is 1. The van der Waals surface area contributed by atoms with Gasteiger partial charge in [0, 0.05) is 5.56 Å². The number of carboxylic acid groups (broad SMARTS) is 1. The molecular weight excluding hydrogens is 234 g/mol. The molecule has 0 amide bonds. The molecule has 4 nitrogen and oxygen atoms in total. The fraction of sp³-hybridized carbons (Fsp3) is 0.364. The minimum Gasteiger partial charge on any atom is -0.481 e. The number of hydrogen-bond acceptors (Lipinski definition) is 3. The van der Waals surface area contributed by atoms with Gasteiger partial charge in [-0.15, -0.1) is 0 Å². The van der Waals surface area contributed by atoms with Crippen LogP contribution < -0.4 is 9.47 Å². The first-order chi connectivity index (χ1) is 8.04. The lowest BCUT2D eigenvalue weighted by Gasteiger charge is -2.12. The smallest absolute Gasteiger partial charge is 0.397 e. The van der Waals surface area contributed by atoms with Gasteiger partial charge in [0.15, 0.2) is 11.6 Å². The van der Waals surface area contributed by atoms with E-state index in [-0.39, 0.29) is 17.1 Å². The van der Waals surface area contributed by atoms with E-state index in [4.69, 9.17) is 5.11 Å². The Balaban J connectivity index is 2.10. The molecule has 0 aromatic heterocycles. The Morgan fingerprint density at radius 1 is 1.41 bits per heavy atom. The number of ether oxygens (including phenoxy) is 2. The van der Waals surface area contributed by atoms with Gasteiger partial charge in [-0.2, -0.15) is 4.39 Å². The molecule has 1 aliphatic carbocycles. The summed E-state index contributed by atoms with van der Waals surface area (Å²) >= 11 is 0. The van der Waals surface area contributed by atoms with Gasteiger partial charge in [-0.1, -0.05) is 6.07 Å². The zero-order valence-electron chi connectivity index (χ0n) is 8.57. The third-order valence-electron chi connectivity index (χ3n) is 3.17. The molecule has 2 aliphatic rings. The summed E-state index contributed by atoms with van der Waals surface area (Å²) in [6.45, 7) is -2.03. The summed E-state index contributed by atoms with van der Waals surface area (Å²) in [5, 5.41) is 9.07. The van der Waals surface area contributed by atoms with Crippen LogP contribution in [-0.2, 0) is 10.2 Å². The van der Waals surface area contributed by atoms with E-state index >= 15 is 0 Å². The molecule has 6 heteroatoms. The maximum absolute atomic E-state index is 14.0. The van der Waals surface area contributed by atoms with E-state index in [1.807, 2.05) is 0 Å². The summed E-state index contributed by atoms with van der Waals surface area (Å²) in [5.74, 6) is -2.31. The highest BCUT2D eigenvalue weighted by atomic mass is 19.2. The SMILES string of the molecule is O=C(O)C1(c2ccc3c(c2F)OC(F)O3)CC1. The molecule has 1 N–H and O–H groups in total. The van der Waals surface area contributed by atoms with Crippen LogP contribution in [0.2, 0.25) is 0 Å². The van der Waals surface area contributed by atoms with E-state index in [9.17, 15) is 13.6 Å². The second-order valence-electron chi connectivity index (χ2n) is 4.15. The van der Waals surface area contributed by atoms with Gasteiger partial charge in [0.1, 0.15) is 0 Å². The molecule has 1 aliphatic heterocycles. The lowest BCUT2D eigenvalue weighted by Crippen LogP contribution is -2.21. The third kappa shape index (κ3) is 1.30. The van der Waals surface area contributed by atoms with Crippen LogP contribution in [0.5, 0.6) is 11.5 Å². The second kappa shape index (κ2) is 3.09. The first-order valence-corrected chi connectivity index (χ1v) is 5.08. The highest BCUT2D eigenvalue weighted by Crippen LogP contribution is 2.52. The Hall–Kier alpha value is -1.85. The molecule has 0 saturated heterocycles. The average Bonchev–Trinajstić information content (AvgIpc) is 2.97. The monoisotopic (exact) mass is 242 g/mol. The van der Waals surface area contributed by atoms with E-state index in [0.717, 1.165) is 0 Å². The molecule has 0 spiro atoms. The second-order valence-corrected chi connectivity index (χ2v) is 4.15. The first-order valence-electron chi connectivity index (χ1n) is 5.08. The summed E-state index contributed by atoms with van der Waals surface area (Å²) in [4.78, 5) is 11.1. The van der Waals surface area contributed by atoms with E-state index in [2.05, 4.69) is 9.47 Å². The number of alkyl halides is 1. The molecule has 3 rings (SSSR count). The van der Waals surface area contributed by atoms with Crippen LogP contribution in [0.15, 0.2) is 12.1 Å². The molecule has 0 bridgehead atoms. The number of halogens is 2. The van der Waals surface area contributed by atoms with Gasteiger partial charge in [-0.3, -0.25) is 4.79 Å². The van der Waals surface area contributed by atoms with E-state index in [1.165, 1.54) is 12.1 Å². The number of hydrogen-bond donors (Lipinski definition) is 1. The highest BCUT2D eigenvalue weighted by Gasteiger charge is 2.54. The van der Waals surface area contributed by atoms with Gasteiger partial charge in [0.05, 0.1) is 5.41 Å². The van der Waals surface area contributed by atoms with Crippen molar-refractivity contribution in [3.63, 3.8) is 0 Å². The van der Waals surface area contributed by atoms with Crippen LogP contribution in [0.25, 0.3) is 0 Å². The van der Waals surface area contributed by atoms with E-state index in [0.29, 0.717) is 12.8 Å². The van der Waals surface area contributed by atoms with Crippen LogP contribution in [0, 0.1) is 5.82 Å².